The number of piperidine rings is 1. The molecule has 0 bridgehead atoms. The Balaban J connectivity index is 1.69. The summed E-state index contributed by atoms with van der Waals surface area (Å²) in [7, 11) is 0. The van der Waals surface area contributed by atoms with E-state index >= 15 is 0 Å². The minimum absolute atomic E-state index is 0.142. The van der Waals surface area contributed by atoms with E-state index in [0.717, 1.165) is 49.5 Å². The first-order valence-corrected chi connectivity index (χ1v) is 8.45. The fourth-order valence-electron chi connectivity index (χ4n) is 3.13. The van der Waals surface area contributed by atoms with Gasteiger partial charge >= 0.3 is 0 Å². The van der Waals surface area contributed by atoms with Crippen LogP contribution in [-0.2, 0) is 9.53 Å². The van der Waals surface area contributed by atoms with E-state index in [1.807, 2.05) is 11.8 Å². The lowest BCUT2D eigenvalue weighted by atomic mass is 10.0. The van der Waals surface area contributed by atoms with Gasteiger partial charge in [0.2, 0.25) is 5.91 Å². The predicted molar refractivity (Wildman–Crippen MR) is 78.7 cm³/mol. The van der Waals surface area contributed by atoms with Crippen molar-refractivity contribution in [2.45, 2.75) is 57.6 Å². The molecule has 5 heteroatoms. The zero-order valence-electron chi connectivity index (χ0n) is 12.0. The van der Waals surface area contributed by atoms with Crippen LogP contribution in [-0.4, -0.2) is 35.0 Å². The topological polar surface area (TPSA) is 42.4 Å². The number of ether oxygens (including phenoxy) is 1. The molecule has 110 valence electrons. The van der Waals surface area contributed by atoms with Gasteiger partial charge in [0.05, 0.1) is 18.6 Å². The summed E-state index contributed by atoms with van der Waals surface area (Å²) < 4.78 is 5.60. The van der Waals surface area contributed by atoms with Gasteiger partial charge in [0.25, 0.3) is 0 Å². The molecule has 1 aromatic rings. The van der Waals surface area contributed by atoms with Gasteiger partial charge in [-0.05, 0) is 39.0 Å². The number of carbonyl (C=O) groups is 1. The molecular formula is C15H22N2O2S. The van der Waals surface area contributed by atoms with Crippen molar-refractivity contribution < 1.29 is 9.53 Å². The Bertz CT molecular complexity index is 468. The van der Waals surface area contributed by atoms with Gasteiger partial charge in [-0.2, -0.15) is 0 Å². The summed E-state index contributed by atoms with van der Waals surface area (Å²) in [5.41, 5.74) is 1.06. The second kappa shape index (κ2) is 6.22. The van der Waals surface area contributed by atoms with E-state index in [4.69, 9.17) is 4.74 Å². The molecule has 0 N–H and O–H groups in total. The highest BCUT2D eigenvalue weighted by molar-refractivity contribution is 7.09. The Morgan fingerprint density at radius 2 is 2.35 bits per heavy atom. The van der Waals surface area contributed by atoms with E-state index in [9.17, 15) is 4.79 Å². The maximum atomic E-state index is 12.6. The molecule has 0 saturated carbocycles. The van der Waals surface area contributed by atoms with Crippen molar-refractivity contribution in [1.29, 1.82) is 0 Å². The van der Waals surface area contributed by atoms with Crippen LogP contribution in [0.1, 0.15) is 55.3 Å². The number of hydrogen-bond acceptors (Lipinski definition) is 4. The minimum atomic E-state index is 0.142. The first-order chi connectivity index (χ1) is 9.74. The number of nitrogens with zero attached hydrogens (tertiary/aromatic N) is 2. The maximum Gasteiger partial charge on any atom is 0.225 e. The lowest BCUT2D eigenvalue weighted by Crippen LogP contribution is -2.39. The van der Waals surface area contributed by atoms with Crippen molar-refractivity contribution in [2.24, 2.45) is 0 Å². The van der Waals surface area contributed by atoms with Crippen LogP contribution >= 0.6 is 11.3 Å². The van der Waals surface area contributed by atoms with E-state index in [-0.39, 0.29) is 18.1 Å². The zero-order valence-corrected chi connectivity index (χ0v) is 12.8. The molecule has 2 aliphatic rings. The third-order valence-electron chi connectivity index (χ3n) is 4.17. The van der Waals surface area contributed by atoms with Crippen molar-refractivity contribution in [3.63, 3.8) is 0 Å². The molecule has 4 nitrogen and oxygen atoms in total. The van der Waals surface area contributed by atoms with E-state index in [0.29, 0.717) is 6.42 Å². The van der Waals surface area contributed by atoms with Crippen LogP contribution in [0.5, 0.6) is 0 Å². The number of amides is 1. The second-order valence-corrected chi connectivity index (χ2v) is 6.65. The van der Waals surface area contributed by atoms with Gasteiger partial charge in [0.15, 0.2) is 0 Å². The quantitative estimate of drug-likeness (QED) is 0.860. The average Bonchev–Trinajstić information content (AvgIpc) is 3.10. The Labute approximate surface area is 124 Å². The van der Waals surface area contributed by atoms with Crippen molar-refractivity contribution in [3.8, 4) is 0 Å². The molecule has 2 aliphatic heterocycles. The fraction of sp³-hybridized carbons (Fsp3) is 0.733. The first-order valence-electron chi connectivity index (χ1n) is 7.57. The Kier molecular flexibility index (Phi) is 4.36. The van der Waals surface area contributed by atoms with Crippen LogP contribution < -0.4 is 0 Å². The molecule has 0 spiro atoms. The van der Waals surface area contributed by atoms with Crippen molar-refractivity contribution in [3.05, 3.63) is 16.1 Å². The Morgan fingerprint density at radius 1 is 1.45 bits per heavy atom. The lowest BCUT2D eigenvalue weighted by molar-refractivity contribution is -0.137. The molecule has 3 heterocycles. The molecule has 0 aliphatic carbocycles. The number of thiazole rings is 1. The number of rotatable bonds is 3. The molecule has 2 saturated heterocycles. The number of carbonyl (C=O) groups excluding carboxylic acids is 1. The molecule has 1 aromatic heterocycles. The summed E-state index contributed by atoms with van der Waals surface area (Å²) in [5, 5.41) is 3.18. The van der Waals surface area contributed by atoms with Gasteiger partial charge < -0.3 is 9.64 Å². The van der Waals surface area contributed by atoms with Crippen LogP contribution in [0.2, 0.25) is 0 Å². The SMILES string of the molecule is Cc1csc([C@@H]2CCCCN2C(=O)C[C@@H]2CCCO2)n1. The Morgan fingerprint density at radius 3 is 3.05 bits per heavy atom. The predicted octanol–water partition coefficient (Wildman–Crippen LogP) is 3.07. The van der Waals surface area contributed by atoms with Gasteiger partial charge in [-0.15, -0.1) is 11.3 Å². The largest absolute Gasteiger partial charge is 0.378 e. The summed E-state index contributed by atoms with van der Waals surface area (Å²) in [4.78, 5) is 19.2. The molecule has 1 amide bonds. The molecule has 20 heavy (non-hydrogen) atoms. The third-order valence-corrected chi connectivity index (χ3v) is 5.24. The summed E-state index contributed by atoms with van der Waals surface area (Å²) in [5.74, 6) is 0.245. The molecular weight excluding hydrogens is 272 g/mol. The van der Waals surface area contributed by atoms with Gasteiger partial charge in [-0.1, -0.05) is 0 Å². The summed E-state index contributed by atoms with van der Waals surface area (Å²) >= 11 is 1.68. The molecule has 0 radical (unpaired) electrons. The summed E-state index contributed by atoms with van der Waals surface area (Å²) in [6.45, 7) is 3.70. The molecule has 2 fully saturated rings. The number of aryl methyl sites for hydroxylation is 1. The number of aromatic nitrogens is 1. The first kappa shape index (κ1) is 14.0. The highest BCUT2D eigenvalue weighted by Gasteiger charge is 2.31. The lowest BCUT2D eigenvalue weighted by Gasteiger charge is -2.35. The van der Waals surface area contributed by atoms with E-state index in [1.165, 1.54) is 6.42 Å². The standard InChI is InChI=1S/C15H22N2O2S/c1-11-10-20-15(16-11)13-6-2-3-7-17(13)14(18)9-12-5-4-8-19-12/h10,12-13H,2-9H2,1H3/t12-,13-/m0/s1. The van der Waals surface area contributed by atoms with Crippen LogP contribution in [0.3, 0.4) is 0 Å². The van der Waals surface area contributed by atoms with Crippen LogP contribution in [0.15, 0.2) is 5.38 Å². The highest BCUT2D eigenvalue weighted by Crippen LogP contribution is 2.33. The number of hydrogen-bond donors (Lipinski definition) is 0. The summed E-state index contributed by atoms with van der Waals surface area (Å²) in [6.07, 6.45) is 6.15. The monoisotopic (exact) mass is 294 g/mol. The van der Waals surface area contributed by atoms with Crippen LogP contribution in [0.4, 0.5) is 0 Å². The highest BCUT2D eigenvalue weighted by atomic mass is 32.1. The van der Waals surface area contributed by atoms with E-state index < -0.39 is 0 Å². The maximum absolute atomic E-state index is 12.6. The van der Waals surface area contributed by atoms with Crippen molar-refractivity contribution in [1.82, 2.24) is 9.88 Å². The molecule has 0 aromatic carbocycles. The Hall–Kier alpha value is -0.940. The van der Waals surface area contributed by atoms with Gasteiger partial charge in [0.1, 0.15) is 5.01 Å². The molecule has 0 unspecified atom stereocenters. The van der Waals surface area contributed by atoms with E-state index in [1.54, 1.807) is 11.3 Å². The molecule has 2 atom stereocenters. The normalized spacial score (nSPS) is 26.9. The van der Waals surface area contributed by atoms with Gasteiger partial charge in [-0.3, -0.25) is 4.79 Å². The number of likely N-dealkylation sites (tertiary alicyclic amines) is 1. The smallest absolute Gasteiger partial charge is 0.225 e. The van der Waals surface area contributed by atoms with Crippen LogP contribution in [0.25, 0.3) is 0 Å². The average molecular weight is 294 g/mol. The van der Waals surface area contributed by atoms with Crippen LogP contribution in [0, 0.1) is 6.92 Å². The van der Waals surface area contributed by atoms with Gasteiger partial charge in [0, 0.05) is 24.2 Å². The van der Waals surface area contributed by atoms with Gasteiger partial charge in [-0.25, -0.2) is 4.98 Å². The molecule has 3 rings (SSSR count). The van der Waals surface area contributed by atoms with Crippen molar-refractivity contribution in [2.75, 3.05) is 13.2 Å². The van der Waals surface area contributed by atoms with Crippen molar-refractivity contribution >= 4 is 17.2 Å². The second-order valence-electron chi connectivity index (χ2n) is 5.76. The fourth-order valence-corrected chi connectivity index (χ4v) is 4.07. The zero-order chi connectivity index (χ0) is 13.9. The third kappa shape index (κ3) is 3.04. The summed E-state index contributed by atoms with van der Waals surface area (Å²) in [6, 6.07) is 0.191. The van der Waals surface area contributed by atoms with E-state index in [2.05, 4.69) is 10.4 Å². The minimum Gasteiger partial charge on any atom is -0.378 e.